The highest BCUT2D eigenvalue weighted by Gasteiger charge is 2.14. The van der Waals surface area contributed by atoms with Crippen molar-refractivity contribution in [3.8, 4) is 0 Å². The van der Waals surface area contributed by atoms with Gasteiger partial charge in [0.25, 0.3) is 0 Å². The Bertz CT molecular complexity index is 132. The third-order valence-electron chi connectivity index (χ3n) is 3.23. The molecule has 2 atom stereocenters. The standard InChI is InChI=1S/C12H25NO/c1-3-6-11(4-2)7-5-8-12-9-14-10-13-12/h11-13H,3-10H2,1-2H3. The van der Waals surface area contributed by atoms with Crippen LogP contribution in [-0.2, 0) is 4.74 Å². The lowest BCUT2D eigenvalue weighted by molar-refractivity contribution is 0.188. The summed E-state index contributed by atoms with van der Waals surface area (Å²) in [7, 11) is 0. The van der Waals surface area contributed by atoms with Crippen molar-refractivity contribution in [1.82, 2.24) is 5.32 Å². The molecule has 1 heterocycles. The molecule has 0 aliphatic carbocycles. The lowest BCUT2D eigenvalue weighted by Crippen LogP contribution is -2.23. The van der Waals surface area contributed by atoms with Crippen molar-refractivity contribution >= 4 is 0 Å². The van der Waals surface area contributed by atoms with E-state index in [0.717, 1.165) is 19.3 Å². The summed E-state index contributed by atoms with van der Waals surface area (Å²) >= 11 is 0. The zero-order valence-corrected chi connectivity index (χ0v) is 9.72. The highest BCUT2D eigenvalue weighted by molar-refractivity contribution is 4.69. The molecule has 2 nitrogen and oxygen atoms in total. The van der Waals surface area contributed by atoms with E-state index >= 15 is 0 Å². The molecule has 84 valence electrons. The molecule has 1 rings (SSSR count). The van der Waals surface area contributed by atoms with E-state index < -0.39 is 0 Å². The number of rotatable bonds is 7. The summed E-state index contributed by atoms with van der Waals surface area (Å²) in [6.07, 6.45) is 8.15. The topological polar surface area (TPSA) is 21.3 Å². The second-order valence-electron chi connectivity index (χ2n) is 4.41. The summed E-state index contributed by atoms with van der Waals surface area (Å²) in [4.78, 5) is 0. The van der Waals surface area contributed by atoms with Crippen molar-refractivity contribution < 1.29 is 4.74 Å². The SMILES string of the molecule is CCCC(CC)CCCC1COCN1. The normalized spacial score (nSPS) is 24.0. The van der Waals surface area contributed by atoms with Crippen LogP contribution in [0, 0.1) is 5.92 Å². The monoisotopic (exact) mass is 199 g/mol. The van der Waals surface area contributed by atoms with E-state index in [1.807, 2.05) is 0 Å². The molecule has 0 saturated carbocycles. The van der Waals surface area contributed by atoms with E-state index in [4.69, 9.17) is 4.74 Å². The van der Waals surface area contributed by atoms with Crippen molar-refractivity contribution in [3.63, 3.8) is 0 Å². The number of ether oxygens (including phenoxy) is 1. The third-order valence-corrected chi connectivity index (χ3v) is 3.23. The van der Waals surface area contributed by atoms with Gasteiger partial charge in [0.15, 0.2) is 0 Å². The molecular weight excluding hydrogens is 174 g/mol. The minimum Gasteiger partial charge on any atom is -0.365 e. The van der Waals surface area contributed by atoms with Gasteiger partial charge in [-0.2, -0.15) is 0 Å². The maximum absolute atomic E-state index is 5.28. The van der Waals surface area contributed by atoms with Gasteiger partial charge in [-0.1, -0.05) is 46.0 Å². The van der Waals surface area contributed by atoms with Crippen LogP contribution < -0.4 is 5.32 Å². The number of hydrogen-bond donors (Lipinski definition) is 1. The molecule has 1 aliphatic rings. The molecule has 0 radical (unpaired) electrons. The van der Waals surface area contributed by atoms with Crippen LogP contribution in [0.15, 0.2) is 0 Å². The van der Waals surface area contributed by atoms with E-state index in [9.17, 15) is 0 Å². The Morgan fingerprint density at radius 1 is 1.36 bits per heavy atom. The summed E-state index contributed by atoms with van der Waals surface area (Å²) in [6.45, 7) is 6.29. The molecule has 1 aliphatic heterocycles. The Hall–Kier alpha value is -0.0800. The van der Waals surface area contributed by atoms with E-state index in [1.165, 1.54) is 38.5 Å². The molecular formula is C12H25NO. The lowest BCUT2D eigenvalue weighted by Gasteiger charge is -2.14. The van der Waals surface area contributed by atoms with Gasteiger partial charge >= 0.3 is 0 Å². The van der Waals surface area contributed by atoms with Crippen LogP contribution in [0.4, 0.5) is 0 Å². The van der Waals surface area contributed by atoms with Gasteiger partial charge < -0.3 is 4.74 Å². The van der Waals surface area contributed by atoms with Gasteiger partial charge in [-0.05, 0) is 12.3 Å². The number of nitrogens with one attached hydrogen (secondary N) is 1. The fraction of sp³-hybridized carbons (Fsp3) is 1.00. The van der Waals surface area contributed by atoms with Crippen LogP contribution in [0.2, 0.25) is 0 Å². The lowest BCUT2D eigenvalue weighted by atomic mass is 9.93. The highest BCUT2D eigenvalue weighted by Crippen LogP contribution is 2.19. The molecule has 0 aromatic heterocycles. The smallest absolute Gasteiger partial charge is 0.0968 e. The van der Waals surface area contributed by atoms with Crippen LogP contribution in [0.1, 0.15) is 52.4 Å². The van der Waals surface area contributed by atoms with Gasteiger partial charge in [0, 0.05) is 6.04 Å². The van der Waals surface area contributed by atoms with Crippen molar-refractivity contribution in [2.24, 2.45) is 5.92 Å². The van der Waals surface area contributed by atoms with Crippen LogP contribution in [0.5, 0.6) is 0 Å². The van der Waals surface area contributed by atoms with Gasteiger partial charge in [-0.3, -0.25) is 5.32 Å². The van der Waals surface area contributed by atoms with Crippen LogP contribution in [0.3, 0.4) is 0 Å². The summed E-state index contributed by atoms with van der Waals surface area (Å²) in [6, 6.07) is 0.633. The third kappa shape index (κ3) is 4.43. The Labute approximate surface area is 88.4 Å². The summed E-state index contributed by atoms with van der Waals surface area (Å²) in [5.74, 6) is 0.960. The summed E-state index contributed by atoms with van der Waals surface area (Å²) < 4.78 is 5.28. The largest absolute Gasteiger partial charge is 0.365 e. The van der Waals surface area contributed by atoms with E-state index in [1.54, 1.807) is 0 Å². The van der Waals surface area contributed by atoms with Crippen LogP contribution in [0.25, 0.3) is 0 Å². The van der Waals surface area contributed by atoms with Gasteiger partial charge in [0.05, 0.1) is 13.3 Å². The van der Waals surface area contributed by atoms with Crippen molar-refractivity contribution in [3.05, 3.63) is 0 Å². The Morgan fingerprint density at radius 2 is 2.21 bits per heavy atom. The first-order valence-electron chi connectivity index (χ1n) is 6.18. The average Bonchev–Trinajstić information content (AvgIpc) is 2.69. The predicted molar refractivity (Wildman–Crippen MR) is 60.3 cm³/mol. The molecule has 0 spiro atoms. The molecule has 2 heteroatoms. The average molecular weight is 199 g/mol. The zero-order valence-electron chi connectivity index (χ0n) is 9.72. The van der Waals surface area contributed by atoms with Crippen molar-refractivity contribution in [2.75, 3.05) is 13.3 Å². The summed E-state index contributed by atoms with van der Waals surface area (Å²) in [5, 5.41) is 3.36. The fourth-order valence-electron chi connectivity index (χ4n) is 2.24. The Balaban J connectivity index is 2.00. The van der Waals surface area contributed by atoms with Gasteiger partial charge in [0.2, 0.25) is 0 Å². The second-order valence-corrected chi connectivity index (χ2v) is 4.41. The maximum Gasteiger partial charge on any atom is 0.0968 e. The van der Waals surface area contributed by atoms with Gasteiger partial charge in [-0.25, -0.2) is 0 Å². The molecule has 2 unspecified atom stereocenters. The molecule has 0 bridgehead atoms. The first-order chi connectivity index (χ1) is 6.86. The van der Waals surface area contributed by atoms with Crippen LogP contribution >= 0.6 is 0 Å². The fourth-order valence-corrected chi connectivity index (χ4v) is 2.24. The minimum atomic E-state index is 0.633. The molecule has 0 aromatic rings. The first-order valence-corrected chi connectivity index (χ1v) is 6.18. The second kappa shape index (κ2) is 7.24. The highest BCUT2D eigenvalue weighted by atomic mass is 16.5. The molecule has 0 aromatic carbocycles. The molecule has 1 saturated heterocycles. The molecule has 1 N–H and O–H groups in total. The van der Waals surface area contributed by atoms with E-state index in [2.05, 4.69) is 19.2 Å². The van der Waals surface area contributed by atoms with E-state index in [0.29, 0.717) is 6.04 Å². The van der Waals surface area contributed by atoms with Crippen molar-refractivity contribution in [2.45, 2.75) is 58.4 Å². The predicted octanol–water partition coefficient (Wildman–Crippen LogP) is 2.93. The first kappa shape index (κ1) is 12.0. The molecule has 1 fully saturated rings. The van der Waals surface area contributed by atoms with E-state index in [-0.39, 0.29) is 0 Å². The Morgan fingerprint density at radius 3 is 2.79 bits per heavy atom. The Kier molecular flexibility index (Phi) is 6.20. The van der Waals surface area contributed by atoms with Gasteiger partial charge in [-0.15, -0.1) is 0 Å². The maximum atomic E-state index is 5.28. The van der Waals surface area contributed by atoms with Crippen LogP contribution in [-0.4, -0.2) is 19.4 Å². The quantitative estimate of drug-likeness (QED) is 0.680. The van der Waals surface area contributed by atoms with Crippen molar-refractivity contribution in [1.29, 1.82) is 0 Å². The summed E-state index contributed by atoms with van der Waals surface area (Å²) in [5.41, 5.74) is 0. The number of hydrogen-bond acceptors (Lipinski definition) is 2. The molecule has 14 heavy (non-hydrogen) atoms. The van der Waals surface area contributed by atoms with Gasteiger partial charge in [0.1, 0.15) is 0 Å². The minimum absolute atomic E-state index is 0.633. The molecule has 0 amide bonds. The zero-order chi connectivity index (χ0) is 10.2.